The predicted octanol–water partition coefficient (Wildman–Crippen LogP) is 8.70. The summed E-state index contributed by atoms with van der Waals surface area (Å²) in [6, 6.07) is 32.5. The molecule has 0 spiro atoms. The van der Waals surface area contributed by atoms with Gasteiger partial charge >= 0.3 is 0 Å². The Hall–Kier alpha value is -5.14. The normalized spacial score (nSPS) is 12.2. The lowest BCUT2D eigenvalue weighted by molar-refractivity contribution is 0.481. The molecule has 4 N–H and O–H groups in total. The summed E-state index contributed by atoms with van der Waals surface area (Å²) >= 11 is 0. The van der Waals surface area contributed by atoms with Gasteiger partial charge in [-0.25, -0.2) is 0 Å². The van der Waals surface area contributed by atoms with Crippen LogP contribution in [0.2, 0.25) is 0 Å². The van der Waals surface area contributed by atoms with Crippen LogP contribution in [-0.2, 0) is 20.2 Å². The smallest absolute Gasteiger partial charge is 0.295 e. The molecule has 0 fully saturated rings. The van der Waals surface area contributed by atoms with Crippen LogP contribution in [0.3, 0.4) is 0 Å². The number of nitrogens with one attached hydrogen (secondary N) is 2. The fourth-order valence-electron chi connectivity index (χ4n) is 5.08. The van der Waals surface area contributed by atoms with Crippen LogP contribution < -0.4 is 10.6 Å². The van der Waals surface area contributed by atoms with Crippen molar-refractivity contribution in [3.8, 4) is 0 Å². The predicted molar refractivity (Wildman–Crippen MR) is 176 cm³/mol. The largest absolute Gasteiger partial charge is 0.355 e. The van der Waals surface area contributed by atoms with Gasteiger partial charge in [-0.05, 0) is 73.7 Å². The Bertz CT molecular complexity index is 2340. The highest BCUT2D eigenvalue weighted by Gasteiger charge is 2.19. The van der Waals surface area contributed by atoms with Crippen molar-refractivity contribution < 1.29 is 25.9 Å². The van der Waals surface area contributed by atoms with Crippen LogP contribution >= 0.6 is 0 Å². The summed E-state index contributed by atoms with van der Waals surface area (Å²) in [7, 11) is -8.95. The lowest BCUT2D eigenvalue weighted by Crippen LogP contribution is -2.03. The van der Waals surface area contributed by atoms with Gasteiger partial charge in [-0.15, -0.1) is 5.11 Å². The van der Waals surface area contributed by atoms with Crippen molar-refractivity contribution in [3.63, 3.8) is 0 Å². The average molecular weight is 639 g/mol. The van der Waals surface area contributed by atoms with E-state index in [4.69, 9.17) is 0 Å². The van der Waals surface area contributed by atoms with Gasteiger partial charge in [0, 0.05) is 44.3 Å². The van der Waals surface area contributed by atoms with Crippen LogP contribution in [0, 0.1) is 6.92 Å². The molecule has 0 unspecified atom stereocenters. The zero-order valence-electron chi connectivity index (χ0n) is 23.7. The molecule has 0 aliphatic carbocycles. The van der Waals surface area contributed by atoms with E-state index in [1.807, 2.05) is 67.6 Å². The van der Waals surface area contributed by atoms with Gasteiger partial charge in [-0.3, -0.25) is 9.11 Å². The molecular formula is C33H26N4O6S2. The number of fused-ring (bicyclic) bond motifs is 2. The molecule has 6 aromatic carbocycles. The highest BCUT2D eigenvalue weighted by Crippen LogP contribution is 2.40. The molecule has 45 heavy (non-hydrogen) atoms. The standard InChI is InChI=1S/C33H26N4O6S2/c1-21-13-14-25-27(19-21)29(15-17-30(25)37-36-23-9-5-10-24(20-23)44(38,39)40)35-28-16-18-31(34-22-7-3-2-4-8-22)33-26(28)11-6-12-32(33)45(41,42)43/h2-20,34-35H,1H3,(H,38,39,40)(H,41,42,43). The van der Waals surface area contributed by atoms with E-state index in [-0.39, 0.29) is 15.5 Å². The summed E-state index contributed by atoms with van der Waals surface area (Å²) in [6.45, 7) is 1.95. The molecule has 0 atom stereocenters. The molecule has 0 bridgehead atoms. The average Bonchev–Trinajstić information content (AvgIpc) is 3.01. The molecule has 0 radical (unpaired) electrons. The molecule has 6 rings (SSSR count). The molecule has 0 heterocycles. The number of anilines is 4. The van der Waals surface area contributed by atoms with Crippen molar-refractivity contribution in [3.05, 3.63) is 121 Å². The molecule has 0 aliphatic rings. The number of para-hydroxylation sites is 1. The van der Waals surface area contributed by atoms with E-state index in [0.29, 0.717) is 33.5 Å². The van der Waals surface area contributed by atoms with Gasteiger partial charge in [0.1, 0.15) is 4.90 Å². The summed E-state index contributed by atoms with van der Waals surface area (Å²) in [5, 5.41) is 17.7. The molecule has 0 saturated heterocycles. The Kier molecular flexibility index (Phi) is 7.81. The second-order valence-corrected chi connectivity index (χ2v) is 13.1. The van der Waals surface area contributed by atoms with Gasteiger partial charge in [0.15, 0.2) is 0 Å². The molecular weight excluding hydrogens is 613 g/mol. The van der Waals surface area contributed by atoms with E-state index in [2.05, 4.69) is 20.9 Å². The molecule has 0 saturated carbocycles. The van der Waals surface area contributed by atoms with E-state index in [0.717, 1.165) is 22.0 Å². The monoisotopic (exact) mass is 638 g/mol. The van der Waals surface area contributed by atoms with Gasteiger partial charge < -0.3 is 10.6 Å². The fourth-order valence-corrected chi connectivity index (χ4v) is 6.33. The molecule has 0 amide bonds. The van der Waals surface area contributed by atoms with E-state index in [1.54, 1.807) is 30.3 Å². The zero-order chi connectivity index (χ0) is 31.8. The molecule has 12 heteroatoms. The Morgan fingerprint density at radius 1 is 0.578 bits per heavy atom. The van der Waals surface area contributed by atoms with Crippen molar-refractivity contribution in [2.75, 3.05) is 10.6 Å². The fraction of sp³-hybridized carbons (Fsp3) is 0.0303. The minimum absolute atomic E-state index is 0.225. The number of hydrogen-bond donors (Lipinski definition) is 4. The number of benzene rings is 6. The van der Waals surface area contributed by atoms with Gasteiger partial charge in [-0.1, -0.05) is 54.1 Å². The van der Waals surface area contributed by atoms with Crippen molar-refractivity contribution in [1.82, 2.24) is 0 Å². The summed E-state index contributed by atoms with van der Waals surface area (Å²) in [4.78, 5) is -0.509. The number of nitrogens with zero attached hydrogens (tertiary/aromatic N) is 2. The maximum atomic E-state index is 12.4. The molecule has 6 aromatic rings. The summed E-state index contributed by atoms with van der Waals surface area (Å²) in [5.41, 5.74) is 4.33. The number of azo groups is 1. The van der Waals surface area contributed by atoms with Crippen molar-refractivity contribution in [2.45, 2.75) is 16.7 Å². The number of hydrogen-bond acceptors (Lipinski definition) is 8. The van der Waals surface area contributed by atoms with E-state index < -0.39 is 20.2 Å². The minimum Gasteiger partial charge on any atom is -0.355 e. The lowest BCUT2D eigenvalue weighted by Gasteiger charge is -2.18. The van der Waals surface area contributed by atoms with Crippen molar-refractivity contribution >= 4 is 75.9 Å². The van der Waals surface area contributed by atoms with Crippen molar-refractivity contribution in [2.24, 2.45) is 10.2 Å². The Morgan fingerprint density at radius 2 is 1.29 bits per heavy atom. The van der Waals surface area contributed by atoms with Crippen LogP contribution in [0.1, 0.15) is 5.56 Å². The van der Waals surface area contributed by atoms with Gasteiger partial charge in [-0.2, -0.15) is 21.9 Å². The second kappa shape index (κ2) is 11.7. The summed E-state index contributed by atoms with van der Waals surface area (Å²) in [5.74, 6) is 0. The van der Waals surface area contributed by atoms with Gasteiger partial charge in [0.25, 0.3) is 20.2 Å². The SMILES string of the molecule is Cc1ccc2c(N=Nc3cccc(S(=O)(=O)O)c3)ccc(Nc3ccc(Nc4ccccc4)c4c(S(=O)(=O)O)cccc34)c2c1. The summed E-state index contributed by atoms with van der Waals surface area (Å²) in [6.07, 6.45) is 0. The minimum atomic E-state index is -4.56. The number of aryl methyl sites for hydroxylation is 1. The van der Waals surface area contributed by atoms with Crippen LogP contribution in [0.25, 0.3) is 21.5 Å². The van der Waals surface area contributed by atoms with Gasteiger partial charge in [0.2, 0.25) is 0 Å². The first-order valence-corrected chi connectivity index (χ1v) is 16.5. The van der Waals surface area contributed by atoms with Gasteiger partial charge in [0.05, 0.1) is 16.3 Å². The third-order valence-electron chi connectivity index (χ3n) is 7.14. The Labute approximate surface area is 259 Å². The van der Waals surface area contributed by atoms with Crippen molar-refractivity contribution in [1.29, 1.82) is 0 Å². The topological polar surface area (TPSA) is 158 Å². The Balaban J connectivity index is 1.44. The first-order valence-electron chi connectivity index (χ1n) is 13.6. The first-order chi connectivity index (χ1) is 21.5. The maximum absolute atomic E-state index is 12.4. The third kappa shape index (κ3) is 6.40. The van der Waals surface area contributed by atoms with E-state index in [9.17, 15) is 25.9 Å². The van der Waals surface area contributed by atoms with Crippen LogP contribution in [-0.4, -0.2) is 25.9 Å². The first kappa shape index (κ1) is 29.9. The third-order valence-corrected chi connectivity index (χ3v) is 8.89. The second-order valence-electron chi connectivity index (χ2n) is 10.3. The zero-order valence-corrected chi connectivity index (χ0v) is 25.3. The molecule has 0 aromatic heterocycles. The van der Waals surface area contributed by atoms with E-state index >= 15 is 0 Å². The highest BCUT2D eigenvalue weighted by molar-refractivity contribution is 7.86. The molecule has 226 valence electrons. The van der Waals surface area contributed by atoms with Crippen LogP contribution in [0.15, 0.2) is 135 Å². The quantitative estimate of drug-likeness (QED) is 0.0952. The lowest BCUT2D eigenvalue weighted by atomic mass is 10.0. The van der Waals surface area contributed by atoms with Crippen LogP contribution in [0.5, 0.6) is 0 Å². The summed E-state index contributed by atoms with van der Waals surface area (Å²) < 4.78 is 67.4. The Morgan fingerprint density at radius 3 is 2.04 bits per heavy atom. The molecule has 0 aliphatic heterocycles. The van der Waals surface area contributed by atoms with E-state index in [1.165, 1.54) is 24.3 Å². The number of rotatable bonds is 8. The van der Waals surface area contributed by atoms with Crippen LogP contribution in [0.4, 0.5) is 34.1 Å². The highest BCUT2D eigenvalue weighted by atomic mass is 32.2. The maximum Gasteiger partial charge on any atom is 0.295 e. The molecule has 10 nitrogen and oxygen atoms in total.